The first-order valence-corrected chi connectivity index (χ1v) is 11.1. The molecule has 1 aromatic rings. The summed E-state index contributed by atoms with van der Waals surface area (Å²) < 4.78 is 0. The van der Waals surface area contributed by atoms with Gasteiger partial charge in [0.1, 0.15) is 5.75 Å². The van der Waals surface area contributed by atoms with Crippen molar-refractivity contribution in [3.63, 3.8) is 0 Å². The largest absolute Gasteiger partial charge is 0.508 e. The zero-order chi connectivity index (χ0) is 19.2. The molecule has 0 bridgehead atoms. The van der Waals surface area contributed by atoms with E-state index in [9.17, 15) is 10.2 Å². The van der Waals surface area contributed by atoms with Crippen LogP contribution in [0.5, 0.6) is 5.75 Å². The third-order valence-corrected chi connectivity index (χ3v) is 8.50. The lowest BCUT2D eigenvalue weighted by Gasteiger charge is -2.58. The van der Waals surface area contributed by atoms with Gasteiger partial charge in [0.2, 0.25) is 0 Å². The number of hydrogen-bond donors (Lipinski definition) is 2. The van der Waals surface area contributed by atoms with E-state index in [1.54, 1.807) is 0 Å². The van der Waals surface area contributed by atoms with Crippen LogP contribution in [0.2, 0.25) is 0 Å². The molecule has 2 heteroatoms. The van der Waals surface area contributed by atoms with Crippen LogP contribution in [0.25, 0.3) is 0 Å². The van der Waals surface area contributed by atoms with Crippen LogP contribution < -0.4 is 0 Å². The molecule has 3 aliphatic carbocycles. The van der Waals surface area contributed by atoms with Gasteiger partial charge < -0.3 is 10.2 Å². The predicted molar refractivity (Wildman–Crippen MR) is 111 cm³/mol. The van der Waals surface area contributed by atoms with Gasteiger partial charge >= 0.3 is 0 Å². The molecule has 2 saturated carbocycles. The van der Waals surface area contributed by atoms with E-state index >= 15 is 0 Å². The van der Waals surface area contributed by atoms with E-state index in [0.717, 1.165) is 44.9 Å². The van der Waals surface area contributed by atoms with Crippen LogP contribution in [-0.2, 0) is 6.42 Å². The number of aliphatic hydroxyl groups excluding tert-OH is 1. The Labute approximate surface area is 164 Å². The average Bonchev–Trinajstić information content (AvgIpc) is 2.98. The number of phenolic OH excluding ortho intramolecular Hbond substituents is 1. The fourth-order valence-electron chi connectivity index (χ4n) is 7.50. The zero-order valence-electron chi connectivity index (χ0n) is 17.1. The van der Waals surface area contributed by atoms with Crippen molar-refractivity contribution in [1.82, 2.24) is 0 Å². The minimum atomic E-state index is -0.152. The van der Waals surface area contributed by atoms with Gasteiger partial charge in [-0.3, -0.25) is 0 Å². The third kappa shape index (κ3) is 2.78. The molecule has 2 nitrogen and oxygen atoms in total. The standard InChI is InChI=1S/C25H36O2/c1-4-6-17(3)16-25-14-12-21-20-8-7-19(26)15-18(20)11-13-24(21,5-2)22(25)9-10-23(25)27/h5,7-8,15,17,21-23,26-27H,2,4,6,9-14,16H2,1,3H3/t17?,21-,22+,23+,24-,25-/m1/s1. The summed E-state index contributed by atoms with van der Waals surface area (Å²) in [6, 6.07) is 5.98. The number of benzene rings is 1. The van der Waals surface area contributed by atoms with Crippen LogP contribution in [0, 0.1) is 22.7 Å². The van der Waals surface area contributed by atoms with Crippen molar-refractivity contribution >= 4 is 0 Å². The lowest BCUT2D eigenvalue weighted by Crippen LogP contribution is -2.52. The fourth-order valence-corrected chi connectivity index (χ4v) is 7.50. The molecule has 1 aromatic carbocycles. The molecule has 0 amide bonds. The third-order valence-electron chi connectivity index (χ3n) is 8.50. The minimum absolute atomic E-state index is 0.0771. The number of phenols is 1. The van der Waals surface area contributed by atoms with Gasteiger partial charge in [-0.2, -0.15) is 0 Å². The average molecular weight is 369 g/mol. The number of aromatic hydroxyl groups is 1. The van der Waals surface area contributed by atoms with Crippen molar-refractivity contribution < 1.29 is 10.2 Å². The molecule has 2 N–H and O–H groups in total. The van der Waals surface area contributed by atoms with Crippen LogP contribution in [0.15, 0.2) is 30.9 Å². The summed E-state index contributed by atoms with van der Waals surface area (Å²) in [5, 5.41) is 21.1. The van der Waals surface area contributed by atoms with Crippen molar-refractivity contribution in [2.75, 3.05) is 0 Å². The van der Waals surface area contributed by atoms with Gasteiger partial charge in [0, 0.05) is 5.41 Å². The Morgan fingerprint density at radius 1 is 1.26 bits per heavy atom. The highest BCUT2D eigenvalue weighted by molar-refractivity contribution is 5.43. The molecule has 0 aliphatic heterocycles. The predicted octanol–water partition coefficient (Wildman–Crippen LogP) is 5.97. The molecule has 2 fully saturated rings. The molecule has 6 atom stereocenters. The molecule has 148 valence electrons. The van der Waals surface area contributed by atoms with Crippen molar-refractivity contribution in [3.05, 3.63) is 42.0 Å². The maximum Gasteiger partial charge on any atom is 0.115 e. The van der Waals surface area contributed by atoms with Gasteiger partial charge in [-0.1, -0.05) is 38.8 Å². The maximum absolute atomic E-state index is 11.2. The molecule has 0 aromatic heterocycles. The molecule has 0 radical (unpaired) electrons. The first-order valence-electron chi connectivity index (χ1n) is 11.1. The Hall–Kier alpha value is -1.28. The summed E-state index contributed by atoms with van der Waals surface area (Å²) >= 11 is 0. The molecular formula is C25H36O2. The number of aryl methyl sites for hydroxylation is 1. The number of allylic oxidation sites excluding steroid dienone is 1. The summed E-state index contributed by atoms with van der Waals surface area (Å²) in [5.41, 5.74) is 2.93. The maximum atomic E-state index is 11.2. The zero-order valence-corrected chi connectivity index (χ0v) is 17.1. The van der Waals surface area contributed by atoms with Gasteiger partial charge in [0.05, 0.1) is 6.10 Å². The number of hydrogen-bond acceptors (Lipinski definition) is 2. The highest BCUT2D eigenvalue weighted by Crippen LogP contribution is 2.69. The van der Waals surface area contributed by atoms with Crippen molar-refractivity contribution in [2.45, 2.75) is 83.7 Å². The first kappa shape index (κ1) is 19.1. The second-order valence-corrected chi connectivity index (χ2v) is 9.77. The Kier molecular flexibility index (Phi) is 4.91. The van der Waals surface area contributed by atoms with E-state index in [-0.39, 0.29) is 16.9 Å². The SMILES string of the molecule is C=C[C@@]12CCc3cc(O)ccc3[C@H]1CC[C@]1(CC(C)CCC)[C@@H](O)CC[C@@H]21. The van der Waals surface area contributed by atoms with Crippen LogP contribution in [-0.4, -0.2) is 16.3 Å². The van der Waals surface area contributed by atoms with Crippen LogP contribution in [0.1, 0.15) is 82.3 Å². The van der Waals surface area contributed by atoms with Crippen LogP contribution >= 0.6 is 0 Å². The van der Waals surface area contributed by atoms with Gasteiger partial charge in [0.25, 0.3) is 0 Å². The highest BCUT2D eigenvalue weighted by atomic mass is 16.3. The lowest BCUT2D eigenvalue weighted by atomic mass is 9.46. The summed E-state index contributed by atoms with van der Waals surface area (Å²) in [7, 11) is 0. The quantitative estimate of drug-likeness (QED) is 0.628. The van der Waals surface area contributed by atoms with Crippen molar-refractivity contribution in [3.8, 4) is 5.75 Å². The first-order chi connectivity index (χ1) is 13.0. The second-order valence-electron chi connectivity index (χ2n) is 9.77. The Bertz CT molecular complexity index is 710. The van der Waals surface area contributed by atoms with E-state index in [4.69, 9.17) is 0 Å². The number of fused-ring (bicyclic) bond motifs is 5. The highest BCUT2D eigenvalue weighted by Gasteiger charge is 2.62. The van der Waals surface area contributed by atoms with E-state index in [1.807, 2.05) is 12.1 Å². The number of rotatable bonds is 5. The van der Waals surface area contributed by atoms with Gasteiger partial charge in [-0.25, -0.2) is 0 Å². The Morgan fingerprint density at radius 3 is 2.81 bits per heavy atom. The minimum Gasteiger partial charge on any atom is -0.508 e. The van der Waals surface area contributed by atoms with Crippen molar-refractivity contribution in [2.24, 2.45) is 22.7 Å². The summed E-state index contributed by atoms with van der Waals surface area (Å²) in [6.45, 7) is 9.00. The molecule has 4 rings (SSSR count). The molecule has 0 saturated heterocycles. The summed E-state index contributed by atoms with van der Waals surface area (Å²) in [6.07, 6.45) is 12.2. The van der Waals surface area contributed by atoms with E-state index in [0.29, 0.717) is 23.5 Å². The van der Waals surface area contributed by atoms with Gasteiger partial charge in [-0.05, 0) is 91.4 Å². The normalized spacial score (nSPS) is 38.6. The topological polar surface area (TPSA) is 40.5 Å². The van der Waals surface area contributed by atoms with E-state index in [2.05, 4.69) is 32.6 Å². The molecule has 0 heterocycles. The lowest BCUT2D eigenvalue weighted by molar-refractivity contribution is -0.0787. The molecule has 27 heavy (non-hydrogen) atoms. The van der Waals surface area contributed by atoms with E-state index in [1.165, 1.54) is 24.0 Å². The summed E-state index contributed by atoms with van der Waals surface area (Å²) in [5.74, 6) is 2.09. The Morgan fingerprint density at radius 2 is 2.07 bits per heavy atom. The number of aliphatic hydroxyl groups is 1. The molecule has 3 aliphatic rings. The molecular weight excluding hydrogens is 332 g/mol. The smallest absolute Gasteiger partial charge is 0.115 e. The summed E-state index contributed by atoms with van der Waals surface area (Å²) in [4.78, 5) is 0. The van der Waals surface area contributed by atoms with Crippen molar-refractivity contribution in [1.29, 1.82) is 0 Å². The van der Waals surface area contributed by atoms with Gasteiger partial charge in [0.15, 0.2) is 0 Å². The van der Waals surface area contributed by atoms with E-state index < -0.39 is 0 Å². The Balaban J connectivity index is 1.74. The van der Waals surface area contributed by atoms with Gasteiger partial charge in [-0.15, -0.1) is 6.58 Å². The monoisotopic (exact) mass is 368 g/mol. The van der Waals surface area contributed by atoms with Crippen LogP contribution in [0.4, 0.5) is 0 Å². The molecule has 1 unspecified atom stereocenters. The molecule has 0 spiro atoms. The van der Waals surface area contributed by atoms with Crippen LogP contribution in [0.3, 0.4) is 0 Å². The fraction of sp³-hybridized carbons (Fsp3) is 0.680. The second kappa shape index (κ2) is 6.95.